The summed E-state index contributed by atoms with van der Waals surface area (Å²) in [6.07, 6.45) is 0. The number of carbonyl (C=O) groups is 1. The molecule has 2 aromatic heterocycles. The summed E-state index contributed by atoms with van der Waals surface area (Å²) < 4.78 is 8.28. The molecule has 0 bridgehead atoms. The Morgan fingerprint density at radius 2 is 1.86 bits per heavy atom. The molecule has 0 unspecified atom stereocenters. The normalized spacial score (nSPS) is 11.6. The molecule has 3 rings (SSSR count). The molecule has 0 radical (unpaired) electrons. The van der Waals surface area contributed by atoms with Crippen LogP contribution in [0.4, 0.5) is 0 Å². The lowest BCUT2D eigenvalue weighted by molar-refractivity contribution is -0.123. The first-order valence-electron chi connectivity index (χ1n) is 8.85. The molecule has 0 spiro atoms. The highest BCUT2D eigenvalue weighted by molar-refractivity contribution is 7.17. The van der Waals surface area contributed by atoms with Crippen molar-refractivity contribution in [3.63, 3.8) is 0 Å². The maximum absolute atomic E-state index is 13.1. The minimum atomic E-state index is -0.522. The van der Waals surface area contributed by atoms with Crippen molar-refractivity contribution >= 4 is 27.5 Å². The number of aromatic nitrogens is 2. The first kappa shape index (κ1) is 19.9. The predicted molar refractivity (Wildman–Crippen MR) is 110 cm³/mol. The van der Waals surface area contributed by atoms with E-state index in [-0.39, 0.29) is 24.6 Å². The molecule has 0 atom stereocenters. The van der Waals surface area contributed by atoms with Crippen molar-refractivity contribution < 1.29 is 9.53 Å². The third kappa shape index (κ3) is 4.01. The molecule has 0 aliphatic heterocycles. The molecular weight excluding hydrogens is 378 g/mol. The van der Waals surface area contributed by atoms with Crippen molar-refractivity contribution in [2.24, 2.45) is 0 Å². The van der Waals surface area contributed by atoms with Crippen LogP contribution in [-0.4, -0.2) is 27.7 Å². The molecule has 7 nitrogen and oxygen atoms in total. The minimum Gasteiger partial charge on any atom is -0.496 e. The summed E-state index contributed by atoms with van der Waals surface area (Å²) in [4.78, 5) is 38.4. The predicted octanol–water partition coefficient (Wildman–Crippen LogP) is 2.20. The van der Waals surface area contributed by atoms with Crippen LogP contribution >= 0.6 is 11.3 Å². The van der Waals surface area contributed by atoms with Crippen LogP contribution in [0.1, 0.15) is 26.3 Å². The molecule has 1 aromatic carbocycles. The van der Waals surface area contributed by atoms with E-state index >= 15 is 0 Å². The smallest absolute Gasteiger partial charge is 0.332 e. The van der Waals surface area contributed by atoms with Crippen LogP contribution in [0.25, 0.3) is 10.2 Å². The maximum atomic E-state index is 13.1. The van der Waals surface area contributed by atoms with Gasteiger partial charge in [0.2, 0.25) is 5.91 Å². The fraction of sp³-hybridized carbons (Fsp3) is 0.350. The van der Waals surface area contributed by atoms with Gasteiger partial charge in [-0.1, -0.05) is 18.2 Å². The number of fused-ring (bicyclic) bond motifs is 1. The van der Waals surface area contributed by atoms with Crippen LogP contribution in [-0.2, 0) is 17.9 Å². The molecule has 148 valence electrons. The molecule has 0 aliphatic rings. The van der Waals surface area contributed by atoms with Gasteiger partial charge in [0.25, 0.3) is 5.56 Å². The standard InChI is InChI=1S/C20H23N3O4S/c1-20(2,3)21-16(24)12-22-14-9-10-28-17(14)18(25)23(19(22)26)11-13-7-5-6-8-15(13)27-4/h5-10H,11-12H2,1-4H3,(H,21,24). The Hall–Kier alpha value is -2.87. The maximum Gasteiger partial charge on any atom is 0.332 e. The molecule has 0 aliphatic carbocycles. The van der Waals surface area contributed by atoms with E-state index in [9.17, 15) is 14.4 Å². The molecule has 0 fully saturated rings. The highest BCUT2D eigenvalue weighted by atomic mass is 32.1. The van der Waals surface area contributed by atoms with Crippen LogP contribution in [0.2, 0.25) is 0 Å². The summed E-state index contributed by atoms with van der Waals surface area (Å²) in [7, 11) is 1.54. The summed E-state index contributed by atoms with van der Waals surface area (Å²) in [5, 5.41) is 4.60. The van der Waals surface area contributed by atoms with Gasteiger partial charge in [-0.25, -0.2) is 4.79 Å². The van der Waals surface area contributed by atoms with E-state index in [0.29, 0.717) is 21.5 Å². The van der Waals surface area contributed by atoms with Gasteiger partial charge in [-0.2, -0.15) is 0 Å². The van der Waals surface area contributed by atoms with Crippen LogP contribution in [0.5, 0.6) is 5.75 Å². The average molecular weight is 401 g/mol. The second-order valence-corrected chi connectivity index (χ2v) is 8.42. The van der Waals surface area contributed by atoms with Gasteiger partial charge in [0.05, 0.1) is 19.2 Å². The summed E-state index contributed by atoms with van der Waals surface area (Å²) in [6.45, 7) is 5.52. The molecule has 0 saturated heterocycles. The number of ether oxygens (including phenoxy) is 1. The molecule has 1 amide bonds. The molecule has 2 heterocycles. The van der Waals surface area contributed by atoms with Crippen LogP contribution < -0.4 is 21.3 Å². The largest absolute Gasteiger partial charge is 0.496 e. The van der Waals surface area contributed by atoms with E-state index in [1.807, 2.05) is 32.9 Å². The number of amides is 1. The Balaban J connectivity index is 2.10. The fourth-order valence-corrected chi connectivity index (χ4v) is 3.87. The van der Waals surface area contributed by atoms with Gasteiger partial charge in [-0.05, 0) is 38.3 Å². The number of rotatable bonds is 5. The van der Waals surface area contributed by atoms with E-state index in [4.69, 9.17) is 4.74 Å². The number of nitrogens with one attached hydrogen (secondary N) is 1. The summed E-state index contributed by atoms with van der Waals surface area (Å²) in [5.41, 5.74) is -0.120. The van der Waals surface area contributed by atoms with Crippen molar-refractivity contribution in [3.8, 4) is 5.75 Å². The van der Waals surface area contributed by atoms with Crippen molar-refractivity contribution in [3.05, 3.63) is 62.1 Å². The average Bonchev–Trinajstić information content (AvgIpc) is 3.11. The summed E-state index contributed by atoms with van der Waals surface area (Å²) >= 11 is 1.26. The lowest BCUT2D eigenvalue weighted by atomic mass is 10.1. The third-order valence-corrected chi connectivity index (χ3v) is 5.07. The van der Waals surface area contributed by atoms with Crippen LogP contribution in [0.15, 0.2) is 45.3 Å². The summed E-state index contributed by atoms with van der Waals surface area (Å²) in [5.74, 6) is 0.307. The number of hydrogen-bond acceptors (Lipinski definition) is 5. The zero-order valence-corrected chi connectivity index (χ0v) is 17.1. The first-order valence-corrected chi connectivity index (χ1v) is 9.73. The van der Waals surface area contributed by atoms with Crippen molar-refractivity contribution in [1.29, 1.82) is 0 Å². The Labute approximate surface area is 166 Å². The molecule has 1 N–H and O–H groups in total. The van der Waals surface area contributed by atoms with Gasteiger partial charge < -0.3 is 10.1 Å². The Morgan fingerprint density at radius 3 is 2.54 bits per heavy atom. The minimum absolute atomic E-state index is 0.0659. The second kappa shape index (κ2) is 7.63. The Morgan fingerprint density at radius 1 is 1.14 bits per heavy atom. The lowest BCUT2D eigenvalue weighted by Gasteiger charge is -2.21. The van der Waals surface area contributed by atoms with Gasteiger partial charge in [0.1, 0.15) is 17.0 Å². The molecule has 8 heteroatoms. The van der Waals surface area contributed by atoms with Crippen molar-refractivity contribution in [1.82, 2.24) is 14.5 Å². The number of nitrogens with zero attached hydrogens (tertiary/aromatic N) is 2. The van der Waals surface area contributed by atoms with E-state index in [1.165, 1.54) is 15.9 Å². The quantitative estimate of drug-likeness (QED) is 0.711. The molecule has 3 aromatic rings. The van der Waals surface area contributed by atoms with Gasteiger partial charge in [0.15, 0.2) is 0 Å². The monoisotopic (exact) mass is 401 g/mol. The van der Waals surface area contributed by atoms with Crippen molar-refractivity contribution in [2.75, 3.05) is 7.11 Å². The van der Waals surface area contributed by atoms with E-state index in [2.05, 4.69) is 5.32 Å². The zero-order valence-electron chi connectivity index (χ0n) is 16.3. The van der Waals surface area contributed by atoms with Crippen LogP contribution in [0, 0.1) is 0 Å². The zero-order chi connectivity index (χ0) is 20.5. The summed E-state index contributed by atoms with van der Waals surface area (Å²) in [6, 6.07) is 8.92. The van der Waals surface area contributed by atoms with Gasteiger partial charge in [0, 0.05) is 11.1 Å². The van der Waals surface area contributed by atoms with Crippen LogP contribution in [0.3, 0.4) is 0 Å². The SMILES string of the molecule is COc1ccccc1Cn1c(=O)c2sccc2n(CC(=O)NC(C)(C)C)c1=O. The second-order valence-electron chi connectivity index (χ2n) is 7.51. The molecule has 28 heavy (non-hydrogen) atoms. The van der Waals surface area contributed by atoms with Gasteiger partial charge in [-0.15, -0.1) is 11.3 Å². The number of hydrogen-bond donors (Lipinski definition) is 1. The number of methoxy groups -OCH3 is 1. The van der Waals surface area contributed by atoms with Gasteiger partial charge >= 0.3 is 5.69 Å². The number of para-hydroxylation sites is 1. The Kier molecular flexibility index (Phi) is 5.42. The third-order valence-electron chi connectivity index (χ3n) is 4.17. The number of benzene rings is 1. The first-order chi connectivity index (χ1) is 13.2. The topological polar surface area (TPSA) is 82.3 Å². The van der Waals surface area contributed by atoms with E-state index in [0.717, 1.165) is 4.57 Å². The fourth-order valence-electron chi connectivity index (χ4n) is 3.03. The lowest BCUT2D eigenvalue weighted by Crippen LogP contribution is -2.46. The highest BCUT2D eigenvalue weighted by Gasteiger charge is 2.19. The van der Waals surface area contributed by atoms with Crippen molar-refractivity contribution in [2.45, 2.75) is 39.4 Å². The highest BCUT2D eigenvalue weighted by Crippen LogP contribution is 2.19. The van der Waals surface area contributed by atoms with Gasteiger partial charge in [-0.3, -0.25) is 18.7 Å². The number of thiophene rings is 1. The van der Waals surface area contributed by atoms with E-state index < -0.39 is 11.2 Å². The Bertz CT molecular complexity index is 1130. The number of carbonyl (C=O) groups excluding carboxylic acids is 1. The van der Waals surface area contributed by atoms with E-state index in [1.54, 1.807) is 30.7 Å². The molecule has 0 saturated carbocycles. The molecular formula is C20H23N3O4S.